The number of nitrogens with one attached hydrogen (secondary N) is 1. The minimum absolute atomic E-state index is 0.0561. The molecule has 3 aromatic rings. The Balaban J connectivity index is 1.84. The van der Waals surface area contributed by atoms with Gasteiger partial charge in [-0.25, -0.2) is 4.68 Å². The summed E-state index contributed by atoms with van der Waals surface area (Å²) in [6.45, 7) is 1.98. The van der Waals surface area contributed by atoms with Crippen molar-refractivity contribution in [2.45, 2.75) is 13.0 Å². The van der Waals surface area contributed by atoms with Crippen molar-refractivity contribution in [3.8, 4) is 5.69 Å². The van der Waals surface area contributed by atoms with Crippen LogP contribution < -0.4 is 5.32 Å². The van der Waals surface area contributed by atoms with E-state index in [9.17, 15) is 4.79 Å². The van der Waals surface area contributed by atoms with Crippen LogP contribution in [0.2, 0.25) is 0 Å². The van der Waals surface area contributed by atoms with Crippen molar-refractivity contribution in [3.05, 3.63) is 84.2 Å². The lowest BCUT2D eigenvalue weighted by Gasteiger charge is -2.16. The Hall–Kier alpha value is -2.88. The van der Waals surface area contributed by atoms with E-state index in [1.165, 1.54) is 0 Å². The third-order valence-corrected chi connectivity index (χ3v) is 3.55. The quantitative estimate of drug-likeness (QED) is 0.801. The molecular weight excluding hydrogens is 274 g/mol. The van der Waals surface area contributed by atoms with Crippen LogP contribution in [0.15, 0.2) is 73.1 Å². The molecule has 110 valence electrons. The molecule has 22 heavy (non-hydrogen) atoms. The summed E-state index contributed by atoms with van der Waals surface area (Å²) in [6, 6.07) is 19.1. The van der Waals surface area contributed by atoms with E-state index in [0.29, 0.717) is 5.56 Å². The van der Waals surface area contributed by atoms with Gasteiger partial charge in [-0.15, -0.1) is 0 Å². The molecule has 4 nitrogen and oxygen atoms in total. The molecule has 0 bridgehead atoms. The second kappa shape index (κ2) is 6.26. The number of para-hydroxylation sites is 1. The SMILES string of the molecule is C[C@@H](NC(=O)c1ccccc1-n1cccn1)c1ccccc1. The number of hydrogen-bond acceptors (Lipinski definition) is 2. The lowest BCUT2D eigenvalue weighted by molar-refractivity contribution is 0.0939. The maximum atomic E-state index is 12.6. The second-order valence-corrected chi connectivity index (χ2v) is 5.07. The fourth-order valence-electron chi connectivity index (χ4n) is 2.38. The van der Waals surface area contributed by atoms with Gasteiger partial charge in [-0.1, -0.05) is 42.5 Å². The molecule has 0 saturated carbocycles. The Morgan fingerprint density at radius 3 is 2.50 bits per heavy atom. The average Bonchev–Trinajstić information content (AvgIpc) is 3.10. The van der Waals surface area contributed by atoms with Crippen LogP contribution in [-0.2, 0) is 0 Å². The molecule has 0 aliphatic heterocycles. The van der Waals surface area contributed by atoms with Gasteiger partial charge in [0.05, 0.1) is 17.3 Å². The highest BCUT2D eigenvalue weighted by Crippen LogP contribution is 2.16. The van der Waals surface area contributed by atoms with Crippen LogP contribution >= 0.6 is 0 Å². The molecule has 1 heterocycles. The smallest absolute Gasteiger partial charge is 0.253 e. The summed E-state index contributed by atoms with van der Waals surface area (Å²) in [5.41, 5.74) is 2.45. The van der Waals surface area contributed by atoms with E-state index in [0.717, 1.165) is 11.3 Å². The van der Waals surface area contributed by atoms with Crippen LogP contribution in [0.1, 0.15) is 28.9 Å². The highest BCUT2D eigenvalue weighted by Gasteiger charge is 2.15. The predicted molar refractivity (Wildman–Crippen MR) is 85.9 cm³/mol. The molecule has 1 amide bonds. The summed E-state index contributed by atoms with van der Waals surface area (Å²) in [7, 11) is 0. The van der Waals surface area contributed by atoms with E-state index in [-0.39, 0.29) is 11.9 Å². The molecule has 2 aromatic carbocycles. The monoisotopic (exact) mass is 291 g/mol. The number of carbonyl (C=O) groups is 1. The van der Waals surface area contributed by atoms with Crippen LogP contribution in [0.25, 0.3) is 5.69 Å². The number of rotatable bonds is 4. The molecule has 0 aliphatic rings. The predicted octanol–water partition coefficient (Wildman–Crippen LogP) is 3.36. The Morgan fingerprint density at radius 1 is 1.05 bits per heavy atom. The van der Waals surface area contributed by atoms with E-state index < -0.39 is 0 Å². The lowest BCUT2D eigenvalue weighted by Crippen LogP contribution is -2.27. The highest BCUT2D eigenvalue weighted by molar-refractivity contribution is 5.97. The Labute approximate surface area is 129 Å². The van der Waals surface area contributed by atoms with Gasteiger partial charge in [-0.2, -0.15) is 5.10 Å². The zero-order chi connectivity index (χ0) is 15.4. The van der Waals surface area contributed by atoms with Crippen molar-refractivity contribution < 1.29 is 4.79 Å². The number of hydrogen-bond donors (Lipinski definition) is 1. The van der Waals surface area contributed by atoms with Gasteiger partial charge in [0, 0.05) is 12.4 Å². The van der Waals surface area contributed by atoms with E-state index >= 15 is 0 Å². The highest BCUT2D eigenvalue weighted by atomic mass is 16.1. The Morgan fingerprint density at radius 2 is 1.77 bits per heavy atom. The maximum absolute atomic E-state index is 12.6. The molecule has 3 rings (SSSR count). The minimum Gasteiger partial charge on any atom is -0.345 e. The van der Waals surface area contributed by atoms with Crippen molar-refractivity contribution in [1.29, 1.82) is 0 Å². The molecule has 0 spiro atoms. The molecule has 0 unspecified atom stereocenters. The fraction of sp³-hybridized carbons (Fsp3) is 0.111. The summed E-state index contributed by atoms with van der Waals surface area (Å²) >= 11 is 0. The average molecular weight is 291 g/mol. The van der Waals surface area contributed by atoms with E-state index in [2.05, 4.69) is 10.4 Å². The molecule has 1 atom stereocenters. The first kappa shape index (κ1) is 14.1. The van der Waals surface area contributed by atoms with E-state index in [4.69, 9.17) is 0 Å². The van der Waals surface area contributed by atoms with Crippen LogP contribution in [0.3, 0.4) is 0 Å². The van der Waals surface area contributed by atoms with Crippen LogP contribution in [0.5, 0.6) is 0 Å². The number of amides is 1. The van der Waals surface area contributed by atoms with Crippen molar-refractivity contribution >= 4 is 5.91 Å². The van der Waals surface area contributed by atoms with Gasteiger partial charge in [0.1, 0.15) is 0 Å². The molecular formula is C18H17N3O. The molecule has 1 aromatic heterocycles. The zero-order valence-corrected chi connectivity index (χ0v) is 12.3. The van der Waals surface area contributed by atoms with Crippen molar-refractivity contribution in [2.75, 3.05) is 0 Å². The summed E-state index contributed by atoms with van der Waals surface area (Å²) in [5, 5.41) is 7.24. The minimum atomic E-state index is -0.109. The third kappa shape index (κ3) is 2.91. The standard InChI is InChI=1S/C18H17N3O/c1-14(15-8-3-2-4-9-15)20-18(22)16-10-5-6-11-17(16)21-13-7-12-19-21/h2-14H,1H3,(H,20,22)/t14-/m1/s1. The maximum Gasteiger partial charge on any atom is 0.253 e. The third-order valence-electron chi connectivity index (χ3n) is 3.55. The zero-order valence-electron chi connectivity index (χ0n) is 12.3. The van der Waals surface area contributed by atoms with Gasteiger partial charge in [-0.3, -0.25) is 4.79 Å². The number of carbonyl (C=O) groups excluding carboxylic acids is 1. The van der Waals surface area contributed by atoms with Gasteiger partial charge in [-0.05, 0) is 30.7 Å². The van der Waals surface area contributed by atoms with Crippen LogP contribution in [-0.4, -0.2) is 15.7 Å². The van der Waals surface area contributed by atoms with Gasteiger partial charge >= 0.3 is 0 Å². The molecule has 4 heteroatoms. The summed E-state index contributed by atoms with van der Waals surface area (Å²) in [5.74, 6) is -0.109. The number of nitrogens with zero attached hydrogens (tertiary/aromatic N) is 2. The first-order chi connectivity index (χ1) is 10.8. The molecule has 0 saturated heterocycles. The van der Waals surface area contributed by atoms with Crippen molar-refractivity contribution in [1.82, 2.24) is 15.1 Å². The molecule has 0 fully saturated rings. The number of benzene rings is 2. The molecule has 0 aliphatic carbocycles. The Bertz CT molecular complexity index is 751. The summed E-state index contributed by atoms with van der Waals surface area (Å²) in [4.78, 5) is 12.6. The molecule has 0 radical (unpaired) electrons. The first-order valence-corrected chi connectivity index (χ1v) is 7.20. The van der Waals surface area contributed by atoms with Crippen molar-refractivity contribution in [3.63, 3.8) is 0 Å². The number of aromatic nitrogens is 2. The van der Waals surface area contributed by atoms with Gasteiger partial charge in [0.25, 0.3) is 5.91 Å². The lowest BCUT2D eigenvalue weighted by atomic mass is 10.1. The second-order valence-electron chi connectivity index (χ2n) is 5.07. The fourth-order valence-corrected chi connectivity index (χ4v) is 2.38. The molecule has 1 N–H and O–H groups in total. The Kier molecular flexibility index (Phi) is 4.01. The van der Waals surface area contributed by atoms with E-state index in [1.807, 2.05) is 73.8 Å². The largest absolute Gasteiger partial charge is 0.345 e. The normalized spacial score (nSPS) is 11.9. The topological polar surface area (TPSA) is 46.9 Å². The van der Waals surface area contributed by atoms with Gasteiger partial charge in [0.15, 0.2) is 0 Å². The van der Waals surface area contributed by atoms with Gasteiger partial charge < -0.3 is 5.32 Å². The first-order valence-electron chi connectivity index (χ1n) is 7.20. The van der Waals surface area contributed by atoms with Crippen LogP contribution in [0.4, 0.5) is 0 Å². The summed E-state index contributed by atoms with van der Waals surface area (Å²) in [6.07, 6.45) is 3.52. The van der Waals surface area contributed by atoms with Crippen LogP contribution in [0, 0.1) is 0 Å². The van der Waals surface area contributed by atoms with Gasteiger partial charge in [0.2, 0.25) is 0 Å². The van der Waals surface area contributed by atoms with E-state index in [1.54, 1.807) is 10.9 Å². The summed E-state index contributed by atoms with van der Waals surface area (Å²) < 4.78 is 1.70. The van der Waals surface area contributed by atoms with Crippen molar-refractivity contribution in [2.24, 2.45) is 0 Å².